The summed E-state index contributed by atoms with van der Waals surface area (Å²) in [5, 5.41) is 22.8. The molecule has 1 aromatic carbocycles. The van der Waals surface area contributed by atoms with Gasteiger partial charge in [-0.3, -0.25) is 19.3 Å². The van der Waals surface area contributed by atoms with Crippen LogP contribution in [0.1, 0.15) is 40.5 Å². The highest BCUT2D eigenvalue weighted by Crippen LogP contribution is 2.48. The number of nitrogens with zero attached hydrogens (tertiary/aromatic N) is 3. The van der Waals surface area contributed by atoms with Gasteiger partial charge in [-0.15, -0.1) is 11.8 Å². The van der Waals surface area contributed by atoms with Crippen LogP contribution in [0.4, 0.5) is 0 Å². The van der Waals surface area contributed by atoms with Crippen molar-refractivity contribution in [3.8, 4) is 5.75 Å². The molecular formula is C23H22ClN3O4S. The molecule has 0 spiro atoms. The Labute approximate surface area is 194 Å². The number of hydrogen-bond acceptors (Lipinski definition) is 6. The molecule has 166 valence electrons. The molecule has 0 bridgehead atoms. The third-order valence-corrected chi connectivity index (χ3v) is 7.78. The Hall–Kier alpha value is -2.68. The molecule has 0 fully saturated rings. The van der Waals surface area contributed by atoms with Crippen molar-refractivity contribution in [2.45, 2.75) is 24.6 Å². The van der Waals surface area contributed by atoms with Gasteiger partial charge >= 0.3 is 0 Å². The molecule has 1 aromatic heterocycles. The average Bonchev–Trinajstić information content (AvgIpc) is 2.96. The van der Waals surface area contributed by atoms with Gasteiger partial charge in [-0.25, -0.2) is 0 Å². The molecule has 1 aliphatic carbocycles. The molecule has 2 aliphatic heterocycles. The van der Waals surface area contributed by atoms with Crippen LogP contribution in [0.15, 0.2) is 62.9 Å². The Morgan fingerprint density at radius 1 is 1.19 bits per heavy atom. The third-order valence-electron chi connectivity index (χ3n) is 6.10. The van der Waals surface area contributed by atoms with Gasteiger partial charge in [-0.1, -0.05) is 41.9 Å². The average molecular weight is 472 g/mol. The number of β-amino-alcohol motifs (C(OH)–C–C–N with tert-alkyl or cyclic N) is 1. The summed E-state index contributed by atoms with van der Waals surface area (Å²) in [6, 6.07) is 9.18. The number of aromatic hydroxyl groups is 1. The first kappa shape index (κ1) is 21.2. The number of hydrogen-bond donors (Lipinski definition) is 2. The number of rotatable bonds is 3. The molecular weight excluding hydrogens is 450 g/mol. The summed E-state index contributed by atoms with van der Waals surface area (Å²) < 4.78 is 1.58. The lowest BCUT2D eigenvalue weighted by atomic mass is 9.89. The van der Waals surface area contributed by atoms with Crippen LogP contribution >= 0.6 is 23.4 Å². The molecule has 2 aromatic rings. The molecule has 3 heterocycles. The summed E-state index contributed by atoms with van der Waals surface area (Å²) in [6.07, 6.45) is 5.19. The molecule has 1 unspecified atom stereocenters. The monoisotopic (exact) mass is 471 g/mol. The quantitative estimate of drug-likeness (QED) is 0.715. The number of benzene rings is 1. The SMILES string of the molecule is O=C1c2c(O)c(=O)ccn2N(C2C3=C(SCc4ccccc42)C(Cl)=CCC3)CN1CCO. The maximum absolute atomic E-state index is 13.1. The van der Waals surface area contributed by atoms with Crippen LogP contribution in [-0.2, 0) is 5.75 Å². The fourth-order valence-corrected chi connectivity index (χ4v) is 6.21. The first-order valence-electron chi connectivity index (χ1n) is 10.4. The van der Waals surface area contributed by atoms with E-state index in [1.807, 2.05) is 23.2 Å². The number of allylic oxidation sites excluding steroid dienone is 2. The molecule has 1 amide bonds. The third kappa shape index (κ3) is 3.34. The van der Waals surface area contributed by atoms with E-state index < -0.39 is 17.1 Å². The maximum atomic E-state index is 13.1. The highest BCUT2D eigenvalue weighted by molar-refractivity contribution is 8.02. The minimum absolute atomic E-state index is 0.0908. The number of fused-ring (bicyclic) bond motifs is 2. The van der Waals surface area contributed by atoms with Crippen LogP contribution in [0.3, 0.4) is 0 Å². The second kappa shape index (κ2) is 8.35. The van der Waals surface area contributed by atoms with Crippen molar-refractivity contribution in [3.05, 3.63) is 85.2 Å². The summed E-state index contributed by atoms with van der Waals surface area (Å²) in [5.74, 6) is -0.305. The summed E-state index contributed by atoms with van der Waals surface area (Å²) >= 11 is 8.34. The van der Waals surface area contributed by atoms with E-state index in [9.17, 15) is 19.8 Å². The zero-order valence-corrected chi connectivity index (χ0v) is 18.8. The van der Waals surface area contributed by atoms with E-state index in [-0.39, 0.29) is 31.6 Å². The van der Waals surface area contributed by atoms with Gasteiger partial charge in [-0.05, 0) is 29.5 Å². The van der Waals surface area contributed by atoms with Gasteiger partial charge in [0.25, 0.3) is 5.91 Å². The second-order valence-corrected chi connectivity index (χ2v) is 9.32. The first-order valence-corrected chi connectivity index (χ1v) is 11.8. The van der Waals surface area contributed by atoms with Crippen LogP contribution in [0.5, 0.6) is 5.75 Å². The molecule has 7 nitrogen and oxygen atoms in total. The number of carbonyl (C=O) groups is 1. The summed E-state index contributed by atoms with van der Waals surface area (Å²) in [4.78, 5) is 27.7. The standard InChI is InChI=1S/C23H22ClN3O4S/c24-17-7-3-6-16-19(15-5-2-1-4-14(15)12-32-22(16)17)27-13-25(10-11-28)23(31)20-21(30)18(29)8-9-26(20)27/h1-2,4-5,7-9,19,28,30H,3,6,10-13H2. The van der Waals surface area contributed by atoms with E-state index in [0.717, 1.165) is 39.7 Å². The Balaban J connectivity index is 1.76. The number of aromatic nitrogens is 1. The lowest BCUT2D eigenvalue weighted by Gasteiger charge is -2.45. The fraction of sp³-hybridized carbons (Fsp3) is 0.304. The van der Waals surface area contributed by atoms with E-state index in [4.69, 9.17) is 11.6 Å². The highest BCUT2D eigenvalue weighted by atomic mass is 35.5. The Morgan fingerprint density at radius 3 is 2.81 bits per heavy atom. The van der Waals surface area contributed by atoms with Crippen molar-refractivity contribution in [2.75, 3.05) is 24.8 Å². The number of pyridine rings is 1. The topological polar surface area (TPSA) is 86.0 Å². The van der Waals surface area contributed by atoms with E-state index in [0.29, 0.717) is 0 Å². The summed E-state index contributed by atoms with van der Waals surface area (Å²) in [6.45, 7) is 0.0566. The largest absolute Gasteiger partial charge is 0.502 e. The lowest BCUT2D eigenvalue weighted by molar-refractivity contribution is 0.0641. The molecule has 0 saturated carbocycles. The second-order valence-electron chi connectivity index (χ2n) is 7.93. The smallest absolute Gasteiger partial charge is 0.277 e. The number of halogens is 1. The van der Waals surface area contributed by atoms with Gasteiger partial charge in [0.1, 0.15) is 6.67 Å². The van der Waals surface area contributed by atoms with Crippen molar-refractivity contribution in [1.82, 2.24) is 9.58 Å². The van der Waals surface area contributed by atoms with Crippen LogP contribution in [-0.4, -0.2) is 45.5 Å². The minimum atomic E-state index is -0.615. The zero-order chi connectivity index (χ0) is 22.4. The molecule has 2 N–H and O–H groups in total. The van der Waals surface area contributed by atoms with Gasteiger partial charge in [0.15, 0.2) is 11.4 Å². The van der Waals surface area contributed by atoms with Gasteiger partial charge in [0, 0.05) is 29.5 Å². The molecule has 32 heavy (non-hydrogen) atoms. The van der Waals surface area contributed by atoms with Crippen LogP contribution in [0.2, 0.25) is 0 Å². The van der Waals surface area contributed by atoms with Gasteiger partial charge in [-0.2, -0.15) is 0 Å². The van der Waals surface area contributed by atoms with Gasteiger partial charge in [0.05, 0.1) is 17.7 Å². The van der Waals surface area contributed by atoms with Crippen molar-refractivity contribution in [2.24, 2.45) is 0 Å². The maximum Gasteiger partial charge on any atom is 0.277 e. The van der Waals surface area contributed by atoms with Gasteiger partial charge in [0.2, 0.25) is 5.43 Å². The van der Waals surface area contributed by atoms with Gasteiger partial charge < -0.3 is 15.1 Å². The lowest BCUT2D eigenvalue weighted by Crippen LogP contribution is -2.56. The first-order chi connectivity index (χ1) is 15.5. The van der Waals surface area contributed by atoms with Crippen molar-refractivity contribution >= 4 is 29.3 Å². The highest BCUT2D eigenvalue weighted by Gasteiger charge is 2.39. The van der Waals surface area contributed by atoms with Crippen molar-refractivity contribution < 1.29 is 15.0 Å². The summed E-state index contributed by atoms with van der Waals surface area (Å²) in [5.41, 5.74) is 2.70. The van der Waals surface area contributed by atoms with E-state index >= 15 is 0 Å². The predicted molar refractivity (Wildman–Crippen MR) is 124 cm³/mol. The van der Waals surface area contributed by atoms with Crippen LogP contribution < -0.4 is 10.4 Å². The normalized spacial score (nSPS) is 20.4. The molecule has 0 radical (unpaired) electrons. The number of carbonyl (C=O) groups excluding carboxylic acids is 1. The zero-order valence-electron chi connectivity index (χ0n) is 17.2. The van der Waals surface area contributed by atoms with Crippen LogP contribution in [0, 0.1) is 0 Å². The molecule has 1 atom stereocenters. The minimum Gasteiger partial charge on any atom is -0.502 e. The summed E-state index contributed by atoms with van der Waals surface area (Å²) in [7, 11) is 0. The van der Waals surface area contributed by atoms with E-state index in [2.05, 4.69) is 12.1 Å². The van der Waals surface area contributed by atoms with E-state index in [1.165, 1.54) is 22.7 Å². The Bertz CT molecular complexity index is 1220. The fourth-order valence-electron chi connectivity index (χ4n) is 4.63. The Kier molecular flexibility index (Phi) is 5.53. The molecule has 9 heteroatoms. The number of aliphatic hydroxyl groups is 1. The molecule has 0 saturated heterocycles. The number of thioether (sulfide) groups is 1. The van der Waals surface area contributed by atoms with Crippen LogP contribution in [0.25, 0.3) is 0 Å². The number of aliphatic hydroxyl groups excluding tert-OH is 1. The van der Waals surface area contributed by atoms with Crippen molar-refractivity contribution in [1.29, 1.82) is 0 Å². The van der Waals surface area contributed by atoms with E-state index in [1.54, 1.807) is 16.4 Å². The molecule has 3 aliphatic rings. The molecule has 5 rings (SSSR count). The van der Waals surface area contributed by atoms with Crippen molar-refractivity contribution in [3.63, 3.8) is 0 Å². The Morgan fingerprint density at radius 2 is 2.00 bits per heavy atom. The predicted octanol–water partition coefficient (Wildman–Crippen LogP) is 3.06. The number of amides is 1.